The number of aryl methyl sites for hydroxylation is 1. The minimum Gasteiger partial charge on any atom is -0.508 e. The number of hydrogen-bond acceptors (Lipinski definition) is 4. The maximum atomic E-state index is 11.8. The number of hydrogen-bond donors (Lipinski definition) is 3. The van der Waals surface area contributed by atoms with Gasteiger partial charge in [-0.2, -0.15) is 0 Å². The van der Waals surface area contributed by atoms with E-state index in [4.69, 9.17) is 0 Å². The summed E-state index contributed by atoms with van der Waals surface area (Å²) >= 11 is 0. The van der Waals surface area contributed by atoms with Gasteiger partial charge in [-0.3, -0.25) is 9.78 Å². The van der Waals surface area contributed by atoms with Crippen LogP contribution in [-0.2, 0) is 0 Å². The topological polar surface area (TPSA) is 82.5 Å². The zero-order valence-electron chi connectivity index (χ0n) is 9.71. The van der Waals surface area contributed by atoms with E-state index in [0.717, 1.165) is 5.56 Å². The van der Waals surface area contributed by atoms with Crippen molar-refractivity contribution in [1.29, 1.82) is 0 Å². The third-order valence-electron chi connectivity index (χ3n) is 2.45. The van der Waals surface area contributed by atoms with Crippen LogP contribution in [0.2, 0.25) is 0 Å². The van der Waals surface area contributed by atoms with Crippen LogP contribution in [0.4, 0.5) is 5.69 Å². The molecule has 2 rings (SSSR count). The highest BCUT2D eigenvalue weighted by Crippen LogP contribution is 2.21. The second kappa shape index (κ2) is 4.75. The lowest BCUT2D eigenvalue weighted by molar-refractivity contribution is 0.102. The molecule has 0 atom stereocenters. The molecule has 5 nitrogen and oxygen atoms in total. The van der Waals surface area contributed by atoms with Crippen molar-refractivity contribution >= 4 is 11.6 Å². The maximum absolute atomic E-state index is 11.8. The average Bonchev–Trinajstić information content (AvgIpc) is 2.34. The van der Waals surface area contributed by atoms with Gasteiger partial charge in [0.2, 0.25) is 0 Å². The Morgan fingerprint density at radius 1 is 1.22 bits per heavy atom. The van der Waals surface area contributed by atoms with Crippen molar-refractivity contribution in [2.24, 2.45) is 0 Å². The summed E-state index contributed by atoms with van der Waals surface area (Å²) < 4.78 is 0. The molecule has 5 heteroatoms. The molecule has 0 aliphatic rings. The van der Waals surface area contributed by atoms with E-state index in [0.29, 0.717) is 5.69 Å². The Bertz CT molecular complexity index is 597. The van der Waals surface area contributed by atoms with E-state index < -0.39 is 5.91 Å². The minimum atomic E-state index is -0.401. The van der Waals surface area contributed by atoms with Crippen LogP contribution in [0.15, 0.2) is 36.7 Å². The van der Waals surface area contributed by atoms with Crippen molar-refractivity contribution in [1.82, 2.24) is 4.98 Å². The first-order valence-corrected chi connectivity index (χ1v) is 5.31. The summed E-state index contributed by atoms with van der Waals surface area (Å²) in [5, 5.41) is 21.4. The molecule has 0 spiro atoms. The molecule has 2 aromatic rings. The fourth-order valence-corrected chi connectivity index (χ4v) is 1.44. The number of carbonyl (C=O) groups excluding carboxylic acids is 1. The first kappa shape index (κ1) is 11.9. The summed E-state index contributed by atoms with van der Waals surface area (Å²) in [5.41, 5.74) is 1.45. The number of amides is 1. The van der Waals surface area contributed by atoms with E-state index in [1.165, 1.54) is 24.5 Å². The van der Waals surface area contributed by atoms with Crippen LogP contribution in [-0.4, -0.2) is 21.1 Å². The molecule has 18 heavy (non-hydrogen) atoms. The van der Waals surface area contributed by atoms with Crippen LogP contribution in [0.5, 0.6) is 11.5 Å². The van der Waals surface area contributed by atoms with E-state index in [-0.39, 0.29) is 17.1 Å². The van der Waals surface area contributed by atoms with Crippen LogP contribution in [0.25, 0.3) is 0 Å². The quantitative estimate of drug-likeness (QED) is 0.755. The number of phenolic OH excluding ortho intramolecular Hbond substituents is 1. The number of carbonyl (C=O) groups is 1. The predicted octanol–water partition coefficient (Wildman–Crippen LogP) is 2.05. The first-order valence-electron chi connectivity index (χ1n) is 5.31. The van der Waals surface area contributed by atoms with Crippen LogP contribution in [0.3, 0.4) is 0 Å². The van der Waals surface area contributed by atoms with Crippen molar-refractivity contribution in [2.45, 2.75) is 6.92 Å². The predicted molar refractivity (Wildman–Crippen MR) is 66.7 cm³/mol. The summed E-state index contributed by atoms with van der Waals surface area (Å²) in [6.45, 7) is 1.76. The number of anilines is 1. The molecular weight excluding hydrogens is 232 g/mol. The first-order chi connectivity index (χ1) is 8.56. The van der Waals surface area contributed by atoms with Crippen molar-refractivity contribution in [2.75, 3.05) is 5.32 Å². The number of rotatable bonds is 2. The lowest BCUT2D eigenvalue weighted by Crippen LogP contribution is -2.11. The fraction of sp³-hybridized carbons (Fsp3) is 0.0769. The summed E-state index contributed by atoms with van der Waals surface area (Å²) in [4.78, 5) is 15.5. The number of phenols is 1. The van der Waals surface area contributed by atoms with Gasteiger partial charge in [-0.05, 0) is 24.6 Å². The third kappa shape index (κ3) is 2.57. The standard InChI is InChI=1S/C13H12N2O3/c1-8-2-3-10(5-12(8)17)15-13(18)9-4-11(16)7-14-6-9/h2-7,16-17H,1H3,(H,15,18). The molecule has 0 aliphatic heterocycles. The van der Waals surface area contributed by atoms with Gasteiger partial charge in [0.1, 0.15) is 11.5 Å². The molecule has 0 aliphatic carbocycles. The van der Waals surface area contributed by atoms with Crippen LogP contribution in [0, 0.1) is 6.92 Å². The minimum absolute atomic E-state index is 0.0746. The molecular formula is C13H12N2O3. The highest BCUT2D eigenvalue weighted by atomic mass is 16.3. The van der Waals surface area contributed by atoms with E-state index in [1.54, 1.807) is 19.1 Å². The average molecular weight is 244 g/mol. The van der Waals surface area contributed by atoms with Crippen molar-refractivity contribution in [3.8, 4) is 11.5 Å². The smallest absolute Gasteiger partial charge is 0.257 e. The van der Waals surface area contributed by atoms with Crippen LogP contribution < -0.4 is 5.32 Å². The van der Waals surface area contributed by atoms with Gasteiger partial charge in [-0.1, -0.05) is 6.07 Å². The Balaban J connectivity index is 2.18. The molecule has 1 heterocycles. The summed E-state index contributed by atoms with van der Waals surface area (Å²) in [6.07, 6.45) is 2.59. The van der Waals surface area contributed by atoms with E-state index >= 15 is 0 Å². The van der Waals surface area contributed by atoms with Crippen LogP contribution >= 0.6 is 0 Å². The van der Waals surface area contributed by atoms with Gasteiger partial charge in [-0.15, -0.1) is 0 Å². The molecule has 1 aromatic heterocycles. The van der Waals surface area contributed by atoms with E-state index in [1.807, 2.05) is 0 Å². The molecule has 0 radical (unpaired) electrons. The number of nitrogens with one attached hydrogen (secondary N) is 1. The number of aromatic nitrogens is 1. The molecule has 0 bridgehead atoms. The van der Waals surface area contributed by atoms with Gasteiger partial charge in [0.15, 0.2) is 0 Å². The molecule has 1 amide bonds. The van der Waals surface area contributed by atoms with Gasteiger partial charge in [0.25, 0.3) is 5.91 Å². The maximum Gasteiger partial charge on any atom is 0.257 e. The Morgan fingerprint density at radius 3 is 2.67 bits per heavy atom. The Morgan fingerprint density at radius 2 is 2.00 bits per heavy atom. The molecule has 92 valence electrons. The van der Waals surface area contributed by atoms with Gasteiger partial charge in [0.05, 0.1) is 11.8 Å². The molecule has 0 unspecified atom stereocenters. The molecule has 1 aromatic carbocycles. The second-order valence-electron chi connectivity index (χ2n) is 3.89. The number of nitrogens with zero attached hydrogens (tertiary/aromatic N) is 1. The number of pyridine rings is 1. The Kier molecular flexibility index (Phi) is 3.14. The van der Waals surface area contributed by atoms with E-state index in [2.05, 4.69) is 10.3 Å². The zero-order chi connectivity index (χ0) is 13.1. The number of benzene rings is 1. The highest BCUT2D eigenvalue weighted by molar-refractivity contribution is 6.04. The van der Waals surface area contributed by atoms with Gasteiger partial charge >= 0.3 is 0 Å². The largest absolute Gasteiger partial charge is 0.508 e. The van der Waals surface area contributed by atoms with Gasteiger partial charge in [0, 0.05) is 18.0 Å². The summed E-state index contributed by atoms with van der Waals surface area (Å²) in [6, 6.07) is 6.16. The Hall–Kier alpha value is -2.56. The normalized spacial score (nSPS) is 10.1. The van der Waals surface area contributed by atoms with Gasteiger partial charge in [-0.25, -0.2) is 0 Å². The molecule has 0 saturated carbocycles. The molecule has 0 saturated heterocycles. The summed E-state index contributed by atoms with van der Waals surface area (Å²) in [7, 11) is 0. The van der Waals surface area contributed by atoms with Crippen molar-refractivity contribution < 1.29 is 15.0 Å². The monoisotopic (exact) mass is 244 g/mol. The van der Waals surface area contributed by atoms with Gasteiger partial charge < -0.3 is 15.5 Å². The van der Waals surface area contributed by atoms with Crippen molar-refractivity contribution in [3.05, 3.63) is 47.8 Å². The summed E-state index contributed by atoms with van der Waals surface area (Å²) in [5.74, 6) is -0.363. The zero-order valence-corrected chi connectivity index (χ0v) is 9.71. The van der Waals surface area contributed by atoms with Crippen molar-refractivity contribution in [3.63, 3.8) is 0 Å². The SMILES string of the molecule is Cc1ccc(NC(=O)c2cncc(O)c2)cc1O. The second-order valence-corrected chi connectivity index (χ2v) is 3.89. The molecule has 0 fully saturated rings. The lowest BCUT2D eigenvalue weighted by atomic mass is 10.2. The number of aromatic hydroxyl groups is 2. The lowest BCUT2D eigenvalue weighted by Gasteiger charge is -2.06. The Labute approximate surface area is 104 Å². The fourth-order valence-electron chi connectivity index (χ4n) is 1.44. The highest BCUT2D eigenvalue weighted by Gasteiger charge is 2.08. The molecule has 3 N–H and O–H groups in total. The van der Waals surface area contributed by atoms with Crippen LogP contribution in [0.1, 0.15) is 15.9 Å². The van der Waals surface area contributed by atoms with E-state index in [9.17, 15) is 15.0 Å². The third-order valence-corrected chi connectivity index (χ3v) is 2.45.